The van der Waals surface area contributed by atoms with Crippen LogP contribution in [-0.2, 0) is 17.5 Å². The third kappa shape index (κ3) is 2.50. The van der Waals surface area contributed by atoms with Crippen molar-refractivity contribution in [2.24, 2.45) is 0 Å². The molecule has 0 aliphatic rings. The molecule has 0 aliphatic heterocycles. The van der Waals surface area contributed by atoms with E-state index in [1.54, 1.807) is 0 Å². The van der Waals surface area contributed by atoms with Crippen LogP contribution in [0.2, 0.25) is 5.02 Å². The van der Waals surface area contributed by atoms with Crippen molar-refractivity contribution >= 4 is 17.9 Å². The van der Waals surface area contributed by atoms with Crippen molar-refractivity contribution in [1.29, 1.82) is 0 Å². The number of aromatic nitrogens is 2. The summed E-state index contributed by atoms with van der Waals surface area (Å²) in [7, 11) is 0. The Hall–Kier alpha value is -1.04. The van der Waals surface area contributed by atoms with Gasteiger partial charge in [-0.1, -0.05) is 11.6 Å². The van der Waals surface area contributed by atoms with E-state index in [4.69, 9.17) is 11.6 Å². The quantitative estimate of drug-likeness (QED) is 0.761. The number of aryl methyl sites for hydroxylation is 1. The van der Waals surface area contributed by atoms with E-state index in [1.165, 1.54) is 6.92 Å². The summed E-state index contributed by atoms with van der Waals surface area (Å²) in [5, 5.41) is 2.91. The zero-order valence-corrected chi connectivity index (χ0v) is 8.56. The summed E-state index contributed by atoms with van der Waals surface area (Å²) in [6, 6.07) is 0. The van der Waals surface area contributed by atoms with Crippen molar-refractivity contribution in [1.82, 2.24) is 9.78 Å². The molecule has 0 unspecified atom stereocenters. The highest BCUT2D eigenvalue weighted by molar-refractivity contribution is 6.31. The van der Waals surface area contributed by atoms with Gasteiger partial charge in [-0.3, -0.25) is 4.68 Å². The first kappa shape index (κ1) is 12.0. The molecule has 0 N–H and O–H groups in total. The summed E-state index contributed by atoms with van der Waals surface area (Å²) in [6.45, 7) is 1.53. The van der Waals surface area contributed by atoms with Crippen molar-refractivity contribution in [3.8, 4) is 0 Å². The van der Waals surface area contributed by atoms with Crippen LogP contribution in [0, 0.1) is 6.92 Å². The van der Waals surface area contributed by atoms with Crippen LogP contribution in [0.15, 0.2) is 0 Å². The van der Waals surface area contributed by atoms with Crippen molar-refractivity contribution < 1.29 is 18.0 Å². The minimum absolute atomic E-state index is 0.102. The first-order valence-corrected chi connectivity index (χ1v) is 4.49. The lowest BCUT2D eigenvalue weighted by Crippen LogP contribution is -2.09. The number of halogens is 4. The van der Waals surface area contributed by atoms with E-state index in [2.05, 4.69) is 5.10 Å². The Kier molecular flexibility index (Phi) is 3.38. The fraction of sp³-hybridized carbons (Fsp3) is 0.500. The molecule has 1 rings (SSSR count). The number of aldehydes is 1. The molecule has 0 bridgehead atoms. The van der Waals surface area contributed by atoms with Gasteiger partial charge in [0.05, 0.1) is 10.7 Å². The normalized spacial score (nSPS) is 11.8. The average molecular weight is 241 g/mol. The van der Waals surface area contributed by atoms with E-state index in [0.717, 1.165) is 4.68 Å². The first-order valence-electron chi connectivity index (χ1n) is 4.11. The maximum Gasteiger partial charge on any atom is 0.436 e. The van der Waals surface area contributed by atoms with Crippen LogP contribution in [0.3, 0.4) is 0 Å². The monoisotopic (exact) mass is 240 g/mol. The summed E-state index contributed by atoms with van der Waals surface area (Å²) in [6.07, 6.45) is -3.84. The highest BCUT2D eigenvalue weighted by Gasteiger charge is 2.38. The SMILES string of the molecule is Cc1c(Cl)c(C(F)(F)F)nn1CCC=O. The second-order valence-electron chi connectivity index (χ2n) is 2.92. The largest absolute Gasteiger partial charge is 0.436 e. The van der Waals surface area contributed by atoms with E-state index in [0.29, 0.717) is 6.29 Å². The average Bonchev–Trinajstić information content (AvgIpc) is 2.41. The van der Waals surface area contributed by atoms with Gasteiger partial charge in [-0.15, -0.1) is 0 Å². The molecule has 0 atom stereocenters. The number of carbonyl (C=O) groups is 1. The summed E-state index contributed by atoms with van der Waals surface area (Å²) < 4.78 is 38.1. The van der Waals surface area contributed by atoms with Gasteiger partial charge in [-0.25, -0.2) is 0 Å². The number of alkyl halides is 3. The van der Waals surface area contributed by atoms with Gasteiger partial charge in [0.2, 0.25) is 0 Å². The Bertz CT molecular complexity index is 373. The van der Waals surface area contributed by atoms with Crippen molar-refractivity contribution in [3.63, 3.8) is 0 Å². The second kappa shape index (κ2) is 4.22. The van der Waals surface area contributed by atoms with Crippen molar-refractivity contribution in [2.45, 2.75) is 26.1 Å². The number of nitrogens with zero attached hydrogens (tertiary/aromatic N) is 2. The molecular formula is C8H8ClF3N2O. The lowest BCUT2D eigenvalue weighted by molar-refractivity contribution is -0.141. The van der Waals surface area contributed by atoms with Crippen LogP contribution < -0.4 is 0 Å². The maximum absolute atomic E-state index is 12.3. The molecular weight excluding hydrogens is 233 g/mol. The topological polar surface area (TPSA) is 34.9 Å². The summed E-state index contributed by atoms with van der Waals surface area (Å²) in [4.78, 5) is 10.1. The molecule has 0 aromatic carbocycles. The first-order chi connectivity index (χ1) is 6.88. The van der Waals surface area contributed by atoms with E-state index in [-0.39, 0.29) is 18.7 Å². The molecule has 0 fully saturated rings. The standard InChI is InChI=1S/C8H8ClF3N2O/c1-5-6(9)7(8(10,11)12)13-14(5)3-2-4-15/h4H,2-3H2,1H3. The number of hydrogen-bond donors (Lipinski definition) is 0. The molecule has 1 aromatic rings. The summed E-state index contributed by atoms with van der Waals surface area (Å²) in [5.74, 6) is 0. The minimum atomic E-state index is -4.56. The van der Waals surface area contributed by atoms with Gasteiger partial charge in [0.1, 0.15) is 6.29 Å². The molecule has 0 saturated heterocycles. The van der Waals surface area contributed by atoms with E-state index < -0.39 is 16.9 Å². The van der Waals surface area contributed by atoms with E-state index in [1.807, 2.05) is 0 Å². The molecule has 7 heteroatoms. The zero-order chi connectivity index (χ0) is 11.6. The number of rotatable bonds is 3. The Labute approximate surface area is 88.8 Å². The molecule has 0 saturated carbocycles. The smallest absolute Gasteiger partial charge is 0.303 e. The van der Waals surface area contributed by atoms with Gasteiger partial charge in [0, 0.05) is 13.0 Å². The predicted molar refractivity (Wildman–Crippen MR) is 47.7 cm³/mol. The third-order valence-electron chi connectivity index (χ3n) is 1.86. The molecule has 3 nitrogen and oxygen atoms in total. The molecule has 1 aromatic heterocycles. The fourth-order valence-electron chi connectivity index (χ4n) is 1.10. The predicted octanol–water partition coefficient (Wildman–Crippen LogP) is 2.45. The van der Waals surface area contributed by atoms with Crippen molar-refractivity contribution in [2.75, 3.05) is 0 Å². The highest BCUT2D eigenvalue weighted by Crippen LogP contribution is 2.35. The molecule has 0 amide bonds. The van der Waals surface area contributed by atoms with Gasteiger partial charge in [0.15, 0.2) is 5.69 Å². The lowest BCUT2D eigenvalue weighted by atomic mass is 10.3. The van der Waals surface area contributed by atoms with Gasteiger partial charge in [0.25, 0.3) is 0 Å². The van der Waals surface area contributed by atoms with Gasteiger partial charge in [-0.05, 0) is 6.92 Å². The van der Waals surface area contributed by atoms with Gasteiger partial charge < -0.3 is 4.79 Å². The maximum atomic E-state index is 12.3. The van der Waals surface area contributed by atoms with Crippen LogP contribution in [0.4, 0.5) is 13.2 Å². The van der Waals surface area contributed by atoms with Gasteiger partial charge in [-0.2, -0.15) is 18.3 Å². The summed E-state index contributed by atoms with van der Waals surface area (Å²) >= 11 is 5.49. The molecule has 0 spiro atoms. The van der Waals surface area contributed by atoms with Crippen LogP contribution in [0.25, 0.3) is 0 Å². The number of carbonyl (C=O) groups excluding carboxylic acids is 1. The Morgan fingerprint density at radius 1 is 1.53 bits per heavy atom. The third-order valence-corrected chi connectivity index (χ3v) is 2.31. The Morgan fingerprint density at radius 3 is 2.53 bits per heavy atom. The zero-order valence-electron chi connectivity index (χ0n) is 7.81. The van der Waals surface area contributed by atoms with E-state index in [9.17, 15) is 18.0 Å². The summed E-state index contributed by atoms with van der Waals surface area (Å²) in [5.41, 5.74) is -0.890. The molecule has 0 aliphatic carbocycles. The van der Waals surface area contributed by atoms with E-state index >= 15 is 0 Å². The van der Waals surface area contributed by atoms with Crippen molar-refractivity contribution in [3.05, 3.63) is 16.4 Å². The minimum Gasteiger partial charge on any atom is -0.303 e. The Morgan fingerprint density at radius 2 is 2.13 bits per heavy atom. The fourth-order valence-corrected chi connectivity index (χ4v) is 1.34. The molecule has 0 radical (unpaired) electrons. The molecule has 84 valence electrons. The number of hydrogen-bond acceptors (Lipinski definition) is 2. The van der Waals surface area contributed by atoms with Crippen LogP contribution in [-0.4, -0.2) is 16.1 Å². The van der Waals surface area contributed by atoms with Crippen LogP contribution in [0.1, 0.15) is 17.8 Å². The lowest BCUT2D eigenvalue weighted by Gasteiger charge is -2.01. The second-order valence-corrected chi connectivity index (χ2v) is 3.30. The molecule has 1 heterocycles. The Balaban J connectivity index is 3.07. The highest BCUT2D eigenvalue weighted by atomic mass is 35.5. The van der Waals surface area contributed by atoms with Crippen LogP contribution >= 0.6 is 11.6 Å². The van der Waals surface area contributed by atoms with Crippen LogP contribution in [0.5, 0.6) is 0 Å². The van der Waals surface area contributed by atoms with Gasteiger partial charge >= 0.3 is 6.18 Å². The molecule has 15 heavy (non-hydrogen) atoms.